The summed E-state index contributed by atoms with van der Waals surface area (Å²) in [6, 6.07) is 8.48. The fourth-order valence-corrected chi connectivity index (χ4v) is 3.87. The number of alkyl halides is 2. The number of halogens is 2. The number of pyridine rings is 1. The zero-order chi connectivity index (χ0) is 22.5. The van der Waals surface area contributed by atoms with Gasteiger partial charge >= 0.3 is 0 Å². The standard InChI is InChI=1S/C22H21F2N7O/c1-13-17(10-26-30(13)2)18-9-16-19(11-25-18)28-29-20(16)27-21(32)14-3-5-15(6-4-14)31-8-7-22(23,24)12-31/h3-6,9-11H,7-8,12H2,1-2H3,(H2,27,28,29,32). The van der Waals surface area contributed by atoms with Gasteiger partial charge in [-0.15, -0.1) is 0 Å². The van der Waals surface area contributed by atoms with E-state index in [1.165, 1.54) is 0 Å². The molecule has 32 heavy (non-hydrogen) atoms. The first kappa shape index (κ1) is 20.1. The summed E-state index contributed by atoms with van der Waals surface area (Å²) in [6.45, 7) is 1.95. The molecule has 10 heteroatoms. The monoisotopic (exact) mass is 437 g/mol. The molecule has 1 amide bonds. The molecule has 164 valence electrons. The third kappa shape index (κ3) is 3.57. The van der Waals surface area contributed by atoms with E-state index in [0.29, 0.717) is 29.1 Å². The van der Waals surface area contributed by atoms with E-state index in [1.807, 2.05) is 20.0 Å². The molecule has 8 nitrogen and oxygen atoms in total. The second kappa shape index (κ2) is 7.40. The van der Waals surface area contributed by atoms with Crippen LogP contribution in [0, 0.1) is 6.92 Å². The van der Waals surface area contributed by atoms with Gasteiger partial charge in [0.25, 0.3) is 11.8 Å². The van der Waals surface area contributed by atoms with Crippen LogP contribution in [0.1, 0.15) is 22.5 Å². The molecule has 4 heterocycles. The van der Waals surface area contributed by atoms with E-state index < -0.39 is 5.92 Å². The van der Waals surface area contributed by atoms with Crippen molar-refractivity contribution < 1.29 is 13.6 Å². The van der Waals surface area contributed by atoms with Crippen LogP contribution in [0.15, 0.2) is 42.7 Å². The molecule has 0 aliphatic carbocycles. The summed E-state index contributed by atoms with van der Waals surface area (Å²) in [5, 5.41) is 14.9. The van der Waals surface area contributed by atoms with E-state index in [9.17, 15) is 13.6 Å². The Bertz CT molecular complexity index is 1310. The van der Waals surface area contributed by atoms with Gasteiger partial charge in [-0.05, 0) is 37.3 Å². The maximum Gasteiger partial charge on any atom is 0.266 e. The molecule has 4 aromatic rings. The molecular formula is C22H21F2N7O. The first-order valence-corrected chi connectivity index (χ1v) is 10.2. The van der Waals surface area contributed by atoms with Crippen LogP contribution in [0.2, 0.25) is 0 Å². The lowest BCUT2D eigenvalue weighted by Crippen LogP contribution is -2.24. The topological polar surface area (TPSA) is 91.7 Å². The number of aromatic nitrogens is 5. The van der Waals surface area contributed by atoms with E-state index in [4.69, 9.17) is 0 Å². The van der Waals surface area contributed by atoms with Crippen molar-refractivity contribution >= 4 is 28.3 Å². The molecule has 1 aliphatic rings. The normalized spacial score (nSPS) is 15.4. The molecule has 5 rings (SSSR count). The molecule has 0 atom stereocenters. The lowest BCUT2D eigenvalue weighted by atomic mass is 10.1. The maximum atomic E-state index is 13.5. The van der Waals surface area contributed by atoms with Crippen molar-refractivity contribution in [3.05, 3.63) is 54.0 Å². The van der Waals surface area contributed by atoms with Crippen LogP contribution in [-0.4, -0.2) is 49.9 Å². The fraction of sp³-hybridized carbons (Fsp3) is 0.273. The first-order chi connectivity index (χ1) is 15.3. The number of rotatable bonds is 4. The summed E-state index contributed by atoms with van der Waals surface area (Å²) in [5.41, 5.74) is 4.38. The molecule has 0 spiro atoms. The molecule has 0 radical (unpaired) electrons. The van der Waals surface area contributed by atoms with Crippen LogP contribution < -0.4 is 10.2 Å². The predicted octanol–water partition coefficient (Wildman–Crippen LogP) is 3.76. The Morgan fingerprint density at radius 3 is 2.66 bits per heavy atom. The van der Waals surface area contributed by atoms with Crippen molar-refractivity contribution in [3.8, 4) is 11.3 Å². The third-order valence-electron chi connectivity index (χ3n) is 5.85. The number of aryl methyl sites for hydroxylation is 1. The number of aromatic amines is 1. The van der Waals surface area contributed by atoms with Crippen molar-refractivity contribution in [2.45, 2.75) is 19.3 Å². The summed E-state index contributed by atoms with van der Waals surface area (Å²) in [5.74, 6) is -2.62. The highest BCUT2D eigenvalue weighted by molar-refractivity contribution is 6.08. The second-order valence-corrected chi connectivity index (χ2v) is 7.98. The van der Waals surface area contributed by atoms with E-state index >= 15 is 0 Å². The van der Waals surface area contributed by atoms with E-state index in [2.05, 4.69) is 25.6 Å². The van der Waals surface area contributed by atoms with Crippen molar-refractivity contribution in [2.75, 3.05) is 23.3 Å². The maximum absolute atomic E-state index is 13.5. The minimum Gasteiger partial charge on any atom is -0.365 e. The molecule has 1 aromatic carbocycles. The minimum atomic E-state index is -2.67. The average Bonchev–Trinajstić information content (AvgIpc) is 3.45. The van der Waals surface area contributed by atoms with Gasteiger partial charge in [0, 0.05) is 47.9 Å². The number of amides is 1. The smallest absolute Gasteiger partial charge is 0.266 e. The zero-order valence-electron chi connectivity index (χ0n) is 17.6. The Morgan fingerprint density at radius 2 is 2.00 bits per heavy atom. The summed E-state index contributed by atoms with van der Waals surface area (Å²) in [4.78, 5) is 18.9. The van der Waals surface area contributed by atoms with Crippen LogP contribution in [0.4, 0.5) is 20.3 Å². The number of hydrogen-bond acceptors (Lipinski definition) is 5. The highest BCUT2D eigenvalue weighted by atomic mass is 19.3. The van der Waals surface area contributed by atoms with Crippen molar-refractivity contribution in [1.29, 1.82) is 0 Å². The lowest BCUT2D eigenvalue weighted by molar-refractivity contribution is 0.0257. The van der Waals surface area contributed by atoms with Crippen molar-refractivity contribution in [2.24, 2.45) is 7.05 Å². The SMILES string of the molecule is Cc1c(-c2cc3c(NC(=O)c4ccc(N5CCC(F)(F)C5)cc4)n[nH]c3cn2)cnn1C. The van der Waals surface area contributed by atoms with Gasteiger partial charge in [-0.1, -0.05) is 0 Å². The quantitative estimate of drug-likeness (QED) is 0.507. The van der Waals surface area contributed by atoms with Crippen LogP contribution in [-0.2, 0) is 7.05 Å². The number of carbonyl (C=O) groups excluding carboxylic acids is 1. The Hall–Kier alpha value is -3.82. The van der Waals surface area contributed by atoms with Gasteiger partial charge in [-0.2, -0.15) is 10.2 Å². The molecule has 1 saturated heterocycles. The van der Waals surface area contributed by atoms with E-state index in [-0.39, 0.29) is 18.9 Å². The van der Waals surface area contributed by atoms with E-state index in [0.717, 1.165) is 22.3 Å². The van der Waals surface area contributed by atoms with Crippen LogP contribution in [0.5, 0.6) is 0 Å². The molecule has 0 unspecified atom stereocenters. The van der Waals surface area contributed by atoms with Crippen LogP contribution in [0.25, 0.3) is 22.2 Å². The molecule has 2 N–H and O–H groups in total. The molecule has 3 aromatic heterocycles. The number of benzene rings is 1. The predicted molar refractivity (Wildman–Crippen MR) is 117 cm³/mol. The Labute approximate surface area is 182 Å². The molecular weight excluding hydrogens is 416 g/mol. The molecule has 1 aliphatic heterocycles. The van der Waals surface area contributed by atoms with Crippen LogP contribution in [0.3, 0.4) is 0 Å². The molecule has 1 fully saturated rings. The summed E-state index contributed by atoms with van der Waals surface area (Å²) >= 11 is 0. The summed E-state index contributed by atoms with van der Waals surface area (Å²) in [7, 11) is 1.86. The average molecular weight is 437 g/mol. The summed E-state index contributed by atoms with van der Waals surface area (Å²) in [6.07, 6.45) is 3.26. The van der Waals surface area contributed by atoms with Gasteiger partial charge in [0.05, 0.1) is 30.1 Å². The number of nitrogens with one attached hydrogen (secondary N) is 2. The van der Waals surface area contributed by atoms with Crippen molar-refractivity contribution in [3.63, 3.8) is 0 Å². The summed E-state index contributed by atoms with van der Waals surface area (Å²) < 4.78 is 28.7. The number of carbonyl (C=O) groups is 1. The molecule has 0 bridgehead atoms. The van der Waals surface area contributed by atoms with Gasteiger partial charge in [-0.25, -0.2) is 8.78 Å². The Kier molecular flexibility index (Phi) is 4.65. The van der Waals surface area contributed by atoms with Gasteiger partial charge in [0.1, 0.15) is 0 Å². The number of H-pyrrole nitrogens is 1. The number of anilines is 2. The Morgan fingerprint density at radius 1 is 1.22 bits per heavy atom. The Balaban J connectivity index is 1.37. The van der Waals surface area contributed by atoms with E-state index in [1.54, 1.807) is 46.2 Å². The highest BCUT2D eigenvalue weighted by Crippen LogP contribution is 2.31. The van der Waals surface area contributed by atoms with Crippen LogP contribution >= 0.6 is 0 Å². The van der Waals surface area contributed by atoms with Gasteiger partial charge in [0.2, 0.25) is 0 Å². The first-order valence-electron chi connectivity index (χ1n) is 10.2. The van der Waals surface area contributed by atoms with Gasteiger partial charge in [-0.3, -0.25) is 19.6 Å². The second-order valence-electron chi connectivity index (χ2n) is 7.98. The highest BCUT2D eigenvalue weighted by Gasteiger charge is 2.38. The largest absolute Gasteiger partial charge is 0.365 e. The van der Waals surface area contributed by atoms with Gasteiger partial charge in [0.15, 0.2) is 5.82 Å². The van der Waals surface area contributed by atoms with Gasteiger partial charge < -0.3 is 10.2 Å². The van der Waals surface area contributed by atoms with Crippen molar-refractivity contribution in [1.82, 2.24) is 25.0 Å². The lowest BCUT2D eigenvalue weighted by Gasteiger charge is -2.18. The number of hydrogen-bond donors (Lipinski definition) is 2. The third-order valence-corrected chi connectivity index (χ3v) is 5.85. The molecule has 0 saturated carbocycles. The number of nitrogens with zero attached hydrogens (tertiary/aromatic N) is 5. The zero-order valence-corrected chi connectivity index (χ0v) is 17.6. The fourth-order valence-electron chi connectivity index (χ4n) is 3.87. The minimum absolute atomic E-state index is 0.156. The number of fused-ring (bicyclic) bond motifs is 1.